The molecule has 0 bridgehead atoms. The van der Waals surface area contributed by atoms with Crippen molar-refractivity contribution in [2.24, 2.45) is 5.73 Å². The zero-order valence-corrected chi connectivity index (χ0v) is 13.0. The van der Waals surface area contributed by atoms with Crippen LogP contribution in [0.25, 0.3) is 0 Å². The first-order chi connectivity index (χ1) is 10.1. The fourth-order valence-electron chi connectivity index (χ4n) is 2.40. The van der Waals surface area contributed by atoms with Crippen LogP contribution in [0.3, 0.4) is 0 Å². The number of para-hydroxylation sites is 1. The zero-order valence-electron chi connectivity index (χ0n) is 13.0. The van der Waals surface area contributed by atoms with E-state index in [9.17, 15) is 0 Å². The van der Waals surface area contributed by atoms with E-state index in [1.807, 2.05) is 24.3 Å². The molecule has 3 N–H and O–H groups in total. The second-order valence-electron chi connectivity index (χ2n) is 5.73. The highest BCUT2D eigenvalue weighted by Gasteiger charge is 2.23. The summed E-state index contributed by atoms with van der Waals surface area (Å²) in [5.74, 6) is 0.875. The molecule has 2 aromatic rings. The number of anilines is 1. The number of rotatable bonds is 6. The van der Waals surface area contributed by atoms with Crippen LogP contribution in [-0.2, 0) is 6.42 Å². The van der Waals surface area contributed by atoms with Crippen LogP contribution in [-0.4, -0.2) is 19.2 Å². The summed E-state index contributed by atoms with van der Waals surface area (Å²) in [6, 6.07) is 16.4. The number of hydrogen-bond acceptors (Lipinski definition) is 3. The summed E-state index contributed by atoms with van der Waals surface area (Å²) in [7, 11) is 1.68. The number of benzene rings is 2. The first kappa shape index (κ1) is 15.4. The second-order valence-corrected chi connectivity index (χ2v) is 5.73. The highest BCUT2D eigenvalue weighted by Crippen LogP contribution is 2.23. The standard InChI is InChI=1S/C18H24N2O/c1-14-6-4-5-7-17(14)20-18(2,13-19)12-15-8-10-16(21-3)11-9-15/h4-11,20H,12-13,19H2,1-3H3. The summed E-state index contributed by atoms with van der Waals surface area (Å²) in [5.41, 5.74) is 9.45. The highest BCUT2D eigenvalue weighted by atomic mass is 16.5. The Morgan fingerprint density at radius 2 is 1.76 bits per heavy atom. The molecule has 3 nitrogen and oxygen atoms in total. The van der Waals surface area contributed by atoms with Gasteiger partial charge >= 0.3 is 0 Å². The minimum Gasteiger partial charge on any atom is -0.497 e. The average Bonchev–Trinajstić information content (AvgIpc) is 2.50. The molecule has 0 aliphatic rings. The number of methoxy groups -OCH3 is 1. The summed E-state index contributed by atoms with van der Waals surface area (Å²) in [6.07, 6.45) is 0.863. The lowest BCUT2D eigenvalue weighted by molar-refractivity contribution is 0.414. The monoisotopic (exact) mass is 284 g/mol. The van der Waals surface area contributed by atoms with Crippen LogP contribution in [0.1, 0.15) is 18.1 Å². The summed E-state index contributed by atoms with van der Waals surface area (Å²) >= 11 is 0. The lowest BCUT2D eigenvalue weighted by Gasteiger charge is -2.31. The van der Waals surface area contributed by atoms with Crippen molar-refractivity contribution in [2.75, 3.05) is 19.0 Å². The molecular formula is C18H24N2O. The van der Waals surface area contributed by atoms with Crippen molar-refractivity contribution in [3.8, 4) is 5.75 Å². The third-order valence-electron chi connectivity index (χ3n) is 3.79. The fourth-order valence-corrected chi connectivity index (χ4v) is 2.40. The van der Waals surface area contributed by atoms with E-state index in [1.165, 1.54) is 11.1 Å². The smallest absolute Gasteiger partial charge is 0.118 e. The van der Waals surface area contributed by atoms with Gasteiger partial charge in [0, 0.05) is 12.2 Å². The van der Waals surface area contributed by atoms with Gasteiger partial charge in [0.1, 0.15) is 5.75 Å². The van der Waals surface area contributed by atoms with Gasteiger partial charge in [-0.3, -0.25) is 0 Å². The molecule has 0 saturated carbocycles. The lowest BCUT2D eigenvalue weighted by Crippen LogP contribution is -2.44. The van der Waals surface area contributed by atoms with Gasteiger partial charge in [-0.05, 0) is 49.6 Å². The molecule has 2 rings (SSSR count). The molecule has 0 fully saturated rings. The summed E-state index contributed by atoms with van der Waals surface area (Å²) < 4.78 is 5.20. The number of hydrogen-bond donors (Lipinski definition) is 2. The van der Waals surface area contributed by atoms with Crippen molar-refractivity contribution < 1.29 is 4.74 Å². The maximum absolute atomic E-state index is 6.02. The van der Waals surface area contributed by atoms with Gasteiger partial charge in [-0.25, -0.2) is 0 Å². The van der Waals surface area contributed by atoms with Gasteiger partial charge in [0.25, 0.3) is 0 Å². The minimum absolute atomic E-state index is 0.180. The number of ether oxygens (including phenoxy) is 1. The maximum atomic E-state index is 6.02. The Balaban J connectivity index is 2.14. The SMILES string of the molecule is COc1ccc(CC(C)(CN)Nc2ccccc2C)cc1. The Labute approximate surface area is 127 Å². The first-order valence-electron chi connectivity index (χ1n) is 7.23. The summed E-state index contributed by atoms with van der Waals surface area (Å²) in [6.45, 7) is 4.82. The molecular weight excluding hydrogens is 260 g/mol. The van der Waals surface area contributed by atoms with E-state index in [-0.39, 0.29) is 5.54 Å². The zero-order chi connectivity index (χ0) is 15.3. The van der Waals surface area contributed by atoms with Gasteiger partial charge in [-0.1, -0.05) is 30.3 Å². The Hall–Kier alpha value is -2.00. The van der Waals surface area contributed by atoms with E-state index in [4.69, 9.17) is 10.5 Å². The van der Waals surface area contributed by atoms with E-state index in [2.05, 4.69) is 43.4 Å². The molecule has 0 aliphatic carbocycles. The lowest BCUT2D eigenvalue weighted by atomic mass is 9.92. The van der Waals surface area contributed by atoms with Crippen LogP contribution in [0.15, 0.2) is 48.5 Å². The molecule has 0 amide bonds. The molecule has 0 aliphatic heterocycles. The van der Waals surface area contributed by atoms with Crippen molar-refractivity contribution in [3.05, 3.63) is 59.7 Å². The third-order valence-corrected chi connectivity index (χ3v) is 3.79. The van der Waals surface area contributed by atoms with Crippen molar-refractivity contribution in [1.29, 1.82) is 0 Å². The van der Waals surface area contributed by atoms with Crippen LogP contribution >= 0.6 is 0 Å². The Morgan fingerprint density at radius 1 is 1.10 bits per heavy atom. The predicted molar refractivity (Wildman–Crippen MR) is 89.0 cm³/mol. The molecule has 0 heterocycles. The third kappa shape index (κ3) is 3.99. The van der Waals surface area contributed by atoms with Gasteiger partial charge in [-0.2, -0.15) is 0 Å². The van der Waals surface area contributed by atoms with Crippen LogP contribution in [0.2, 0.25) is 0 Å². The van der Waals surface area contributed by atoms with Crippen molar-refractivity contribution >= 4 is 5.69 Å². The Kier molecular flexibility index (Phi) is 4.86. The van der Waals surface area contributed by atoms with Crippen LogP contribution in [0.4, 0.5) is 5.69 Å². The molecule has 21 heavy (non-hydrogen) atoms. The molecule has 3 heteroatoms. The minimum atomic E-state index is -0.180. The quantitative estimate of drug-likeness (QED) is 0.855. The molecule has 1 unspecified atom stereocenters. The highest BCUT2D eigenvalue weighted by molar-refractivity contribution is 5.52. The van der Waals surface area contributed by atoms with E-state index >= 15 is 0 Å². The molecule has 0 radical (unpaired) electrons. The first-order valence-corrected chi connectivity index (χ1v) is 7.23. The van der Waals surface area contributed by atoms with Crippen molar-refractivity contribution in [3.63, 3.8) is 0 Å². The van der Waals surface area contributed by atoms with Gasteiger partial charge in [-0.15, -0.1) is 0 Å². The largest absolute Gasteiger partial charge is 0.497 e. The molecule has 112 valence electrons. The van der Waals surface area contributed by atoms with E-state index in [0.29, 0.717) is 6.54 Å². The van der Waals surface area contributed by atoms with Crippen molar-refractivity contribution in [1.82, 2.24) is 0 Å². The number of nitrogens with one attached hydrogen (secondary N) is 1. The normalized spacial score (nSPS) is 13.5. The second kappa shape index (κ2) is 6.64. The van der Waals surface area contributed by atoms with Gasteiger partial charge in [0.05, 0.1) is 12.6 Å². The molecule has 0 aromatic heterocycles. The Bertz CT molecular complexity index is 580. The predicted octanol–water partition coefficient (Wildman–Crippen LogP) is 3.38. The molecule has 2 aromatic carbocycles. The van der Waals surface area contributed by atoms with Gasteiger partial charge < -0.3 is 15.8 Å². The number of aryl methyl sites for hydroxylation is 1. The van der Waals surface area contributed by atoms with Gasteiger partial charge in [0.15, 0.2) is 0 Å². The van der Waals surface area contributed by atoms with Crippen molar-refractivity contribution in [2.45, 2.75) is 25.8 Å². The Morgan fingerprint density at radius 3 is 2.33 bits per heavy atom. The number of nitrogens with two attached hydrogens (primary N) is 1. The summed E-state index contributed by atoms with van der Waals surface area (Å²) in [4.78, 5) is 0. The van der Waals surface area contributed by atoms with E-state index in [1.54, 1.807) is 7.11 Å². The average molecular weight is 284 g/mol. The fraction of sp³-hybridized carbons (Fsp3) is 0.333. The van der Waals surface area contributed by atoms with E-state index < -0.39 is 0 Å². The van der Waals surface area contributed by atoms with Gasteiger partial charge in [0.2, 0.25) is 0 Å². The van der Waals surface area contributed by atoms with E-state index in [0.717, 1.165) is 17.9 Å². The van der Waals surface area contributed by atoms with Crippen LogP contribution in [0, 0.1) is 6.92 Å². The molecule has 1 atom stereocenters. The van der Waals surface area contributed by atoms with Crippen LogP contribution in [0.5, 0.6) is 5.75 Å². The topological polar surface area (TPSA) is 47.3 Å². The molecule has 0 saturated heterocycles. The van der Waals surface area contributed by atoms with Crippen LogP contribution < -0.4 is 15.8 Å². The summed E-state index contributed by atoms with van der Waals surface area (Å²) in [5, 5.41) is 3.59. The maximum Gasteiger partial charge on any atom is 0.118 e. The molecule has 0 spiro atoms.